The molecular formula is C8H7NO2S. The van der Waals surface area contributed by atoms with Gasteiger partial charge in [-0.25, -0.2) is 4.98 Å². The first-order chi connectivity index (χ1) is 5.88. The molecule has 0 fully saturated rings. The lowest BCUT2D eigenvalue weighted by Gasteiger charge is -2.01. The smallest absolute Gasteiger partial charge is 0.163 e. The molecule has 0 saturated carbocycles. The van der Waals surface area contributed by atoms with Gasteiger partial charge in [0.2, 0.25) is 0 Å². The summed E-state index contributed by atoms with van der Waals surface area (Å²) in [6.07, 6.45) is 2.47. The predicted octanol–water partition coefficient (Wildman–Crippen LogP) is 1.82. The lowest BCUT2D eigenvalue weighted by Crippen LogP contribution is -1.96. The van der Waals surface area contributed by atoms with Crippen LogP contribution in [0.1, 0.15) is 16.9 Å². The fraction of sp³-hybridized carbons (Fsp3) is 0.125. The minimum absolute atomic E-state index is 0.532. The molecule has 2 aromatic rings. The molecule has 2 aromatic heterocycles. The Morgan fingerprint density at radius 2 is 2.50 bits per heavy atom. The highest BCUT2D eigenvalue weighted by atomic mass is 32.1. The predicted molar refractivity (Wildman–Crippen MR) is 44.9 cm³/mol. The molecule has 0 spiro atoms. The van der Waals surface area contributed by atoms with Crippen molar-refractivity contribution in [1.82, 2.24) is 4.98 Å². The van der Waals surface area contributed by atoms with Gasteiger partial charge in [-0.3, -0.25) is 0 Å². The van der Waals surface area contributed by atoms with Crippen molar-refractivity contribution >= 4 is 11.3 Å². The van der Waals surface area contributed by atoms with E-state index in [1.165, 1.54) is 17.6 Å². The van der Waals surface area contributed by atoms with Crippen molar-refractivity contribution in [2.24, 2.45) is 0 Å². The molecule has 0 bridgehead atoms. The highest BCUT2D eigenvalue weighted by molar-refractivity contribution is 7.09. The molecule has 2 rings (SSSR count). The van der Waals surface area contributed by atoms with Gasteiger partial charge < -0.3 is 9.52 Å². The third-order valence-electron chi connectivity index (χ3n) is 1.50. The second-order valence-electron chi connectivity index (χ2n) is 2.29. The summed E-state index contributed by atoms with van der Waals surface area (Å²) in [5.41, 5.74) is 0. The van der Waals surface area contributed by atoms with E-state index in [-0.39, 0.29) is 0 Å². The van der Waals surface area contributed by atoms with Crippen LogP contribution in [-0.2, 0) is 0 Å². The Bertz CT molecular complexity index is 294. The van der Waals surface area contributed by atoms with E-state index in [1.807, 2.05) is 5.38 Å². The van der Waals surface area contributed by atoms with Crippen LogP contribution >= 0.6 is 11.3 Å². The van der Waals surface area contributed by atoms with Gasteiger partial charge in [-0.1, -0.05) is 0 Å². The number of aromatic nitrogens is 1. The molecule has 1 unspecified atom stereocenters. The fourth-order valence-electron chi connectivity index (χ4n) is 0.938. The molecule has 0 aliphatic rings. The van der Waals surface area contributed by atoms with Gasteiger partial charge in [-0.2, -0.15) is 0 Å². The minimum Gasteiger partial charge on any atom is -0.466 e. The number of thiazole rings is 1. The number of aliphatic hydroxyl groups excluding tert-OH is 1. The molecule has 0 saturated heterocycles. The van der Waals surface area contributed by atoms with Gasteiger partial charge in [-0.15, -0.1) is 11.3 Å². The number of nitrogens with zero attached hydrogens (tertiary/aromatic N) is 1. The lowest BCUT2D eigenvalue weighted by atomic mass is 10.3. The van der Waals surface area contributed by atoms with Crippen LogP contribution in [0.15, 0.2) is 34.4 Å². The Hall–Kier alpha value is -1.13. The van der Waals surface area contributed by atoms with Crippen LogP contribution in [0.4, 0.5) is 0 Å². The molecule has 4 heteroatoms. The third kappa shape index (κ3) is 1.26. The van der Waals surface area contributed by atoms with Crippen molar-refractivity contribution in [2.45, 2.75) is 6.10 Å². The zero-order valence-electron chi connectivity index (χ0n) is 6.18. The highest BCUT2D eigenvalue weighted by Crippen LogP contribution is 2.23. The van der Waals surface area contributed by atoms with E-state index in [9.17, 15) is 5.11 Å². The van der Waals surface area contributed by atoms with Gasteiger partial charge in [0.15, 0.2) is 6.10 Å². The summed E-state index contributed by atoms with van der Waals surface area (Å²) >= 11 is 1.41. The Morgan fingerprint density at radius 1 is 1.58 bits per heavy atom. The quantitative estimate of drug-likeness (QED) is 0.768. The Labute approximate surface area is 73.3 Å². The van der Waals surface area contributed by atoms with Crippen molar-refractivity contribution in [2.75, 3.05) is 0 Å². The van der Waals surface area contributed by atoms with E-state index in [2.05, 4.69) is 4.98 Å². The first-order valence-electron chi connectivity index (χ1n) is 3.49. The molecule has 62 valence electrons. The van der Waals surface area contributed by atoms with Crippen LogP contribution in [0.5, 0.6) is 0 Å². The summed E-state index contributed by atoms with van der Waals surface area (Å²) in [7, 11) is 0. The van der Waals surface area contributed by atoms with E-state index in [1.54, 1.807) is 18.3 Å². The van der Waals surface area contributed by atoms with Crippen LogP contribution in [-0.4, -0.2) is 10.1 Å². The van der Waals surface area contributed by atoms with Crippen LogP contribution in [0, 0.1) is 0 Å². The maximum Gasteiger partial charge on any atom is 0.163 e. The highest BCUT2D eigenvalue weighted by Gasteiger charge is 2.14. The molecule has 1 N–H and O–H groups in total. The Balaban J connectivity index is 2.27. The fourth-order valence-corrected chi connectivity index (χ4v) is 1.57. The topological polar surface area (TPSA) is 46.3 Å². The number of aliphatic hydroxyl groups is 1. The zero-order valence-corrected chi connectivity index (χ0v) is 6.99. The molecule has 0 amide bonds. The summed E-state index contributed by atoms with van der Waals surface area (Å²) in [5, 5.41) is 12.1. The molecule has 0 aromatic carbocycles. The molecular weight excluding hydrogens is 174 g/mol. The normalized spacial score (nSPS) is 13.1. The van der Waals surface area contributed by atoms with Crippen molar-refractivity contribution in [3.05, 3.63) is 40.7 Å². The summed E-state index contributed by atoms with van der Waals surface area (Å²) in [4.78, 5) is 3.98. The van der Waals surface area contributed by atoms with Gasteiger partial charge in [0.1, 0.15) is 10.8 Å². The van der Waals surface area contributed by atoms with E-state index < -0.39 is 6.10 Å². The molecule has 0 radical (unpaired) electrons. The maximum absolute atomic E-state index is 9.62. The molecule has 3 nitrogen and oxygen atoms in total. The van der Waals surface area contributed by atoms with E-state index in [0.29, 0.717) is 10.8 Å². The summed E-state index contributed by atoms with van der Waals surface area (Å²) in [5.74, 6) is 0.532. The Kier molecular flexibility index (Phi) is 1.93. The van der Waals surface area contributed by atoms with Crippen molar-refractivity contribution < 1.29 is 9.52 Å². The van der Waals surface area contributed by atoms with Crippen LogP contribution in [0.3, 0.4) is 0 Å². The summed E-state index contributed by atoms with van der Waals surface area (Å²) in [6, 6.07) is 3.47. The van der Waals surface area contributed by atoms with E-state index in [0.717, 1.165) is 0 Å². The third-order valence-corrected chi connectivity index (χ3v) is 2.33. The average molecular weight is 181 g/mol. The summed E-state index contributed by atoms with van der Waals surface area (Å²) in [6.45, 7) is 0. The van der Waals surface area contributed by atoms with Gasteiger partial charge >= 0.3 is 0 Å². The van der Waals surface area contributed by atoms with Crippen LogP contribution in [0.25, 0.3) is 0 Å². The zero-order chi connectivity index (χ0) is 8.39. The lowest BCUT2D eigenvalue weighted by molar-refractivity contribution is 0.189. The van der Waals surface area contributed by atoms with Crippen molar-refractivity contribution in [3.63, 3.8) is 0 Å². The largest absolute Gasteiger partial charge is 0.466 e. The van der Waals surface area contributed by atoms with E-state index >= 15 is 0 Å². The molecule has 2 heterocycles. The first kappa shape index (κ1) is 7.52. The molecule has 1 atom stereocenters. The van der Waals surface area contributed by atoms with Crippen molar-refractivity contribution in [3.8, 4) is 0 Å². The van der Waals surface area contributed by atoms with Gasteiger partial charge in [0, 0.05) is 11.6 Å². The summed E-state index contributed by atoms with van der Waals surface area (Å²) < 4.78 is 5.04. The van der Waals surface area contributed by atoms with Gasteiger partial charge in [0.05, 0.1) is 6.26 Å². The molecule has 0 aliphatic heterocycles. The van der Waals surface area contributed by atoms with E-state index in [4.69, 9.17) is 4.42 Å². The second kappa shape index (κ2) is 3.08. The molecule has 0 aliphatic carbocycles. The standard InChI is InChI=1S/C8H7NO2S/c10-7(6-2-1-4-11-6)8-9-3-5-12-8/h1-5,7,10H. The van der Waals surface area contributed by atoms with Crippen LogP contribution in [0.2, 0.25) is 0 Å². The number of rotatable bonds is 2. The van der Waals surface area contributed by atoms with Gasteiger partial charge in [-0.05, 0) is 12.1 Å². The SMILES string of the molecule is OC(c1ccco1)c1nccs1. The molecule has 12 heavy (non-hydrogen) atoms. The monoisotopic (exact) mass is 181 g/mol. The second-order valence-corrected chi connectivity index (χ2v) is 3.21. The number of hydrogen-bond acceptors (Lipinski definition) is 4. The van der Waals surface area contributed by atoms with Crippen molar-refractivity contribution in [1.29, 1.82) is 0 Å². The number of hydrogen-bond donors (Lipinski definition) is 1. The minimum atomic E-state index is -0.722. The van der Waals surface area contributed by atoms with Crippen LogP contribution < -0.4 is 0 Å². The Morgan fingerprint density at radius 3 is 3.08 bits per heavy atom. The average Bonchev–Trinajstić information content (AvgIpc) is 2.77. The first-order valence-corrected chi connectivity index (χ1v) is 4.37. The maximum atomic E-state index is 9.62. The number of furan rings is 1. The van der Waals surface area contributed by atoms with Gasteiger partial charge in [0.25, 0.3) is 0 Å².